The summed E-state index contributed by atoms with van der Waals surface area (Å²) >= 11 is 0. The average Bonchev–Trinajstić information content (AvgIpc) is 2.08. The number of carbonyl (C=O) groups is 1. The number of carboxylic acids is 1. The van der Waals surface area contributed by atoms with Gasteiger partial charge in [0.1, 0.15) is 11.9 Å². The summed E-state index contributed by atoms with van der Waals surface area (Å²) in [5, 5.41) is 8.50. The van der Waals surface area contributed by atoms with Crippen molar-refractivity contribution >= 4 is 19.5 Å². The second-order valence-corrected chi connectivity index (χ2v) is 2.78. The lowest BCUT2D eigenvalue weighted by Gasteiger charge is -2.05. The largest absolute Gasteiger partial charge is 0.480 e. The third-order valence-corrected chi connectivity index (χ3v) is 1.69. The van der Waals surface area contributed by atoms with E-state index in [9.17, 15) is 9.18 Å². The van der Waals surface area contributed by atoms with E-state index in [4.69, 9.17) is 10.8 Å². The summed E-state index contributed by atoms with van der Waals surface area (Å²) in [6, 6.07) is 4.69. The van der Waals surface area contributed by atoms with Crippen LogP contribution in [0.2, 0.25) is 0 Å². The first-order valence-corrected chi connectivity index (χ1v) is 3.82. The minimum absolute atomic E-state index is 0. The molecule has 3 N–H and O–H groups in total. The highest BCUT2D eigenvalue weighted by Gasteiger charge is 2.11. The van der Waals surface area contributed by atoms with Crippen molar-refractivity contribution in [3.05, 3.63) is 35.6 Å². The van der Waals surface area contributed by atoms with Gasteiger partial charge in [0.15, 0.2) is 0 Å². The molecule has 0 fully saturated rings. The van der Waals surface area contributed by atoms with Crippen LogP contribution < -0.4 is 5.73 Å². The van der Waals surface area contributed by atoms with Crippen molar-refractivity contribution in [3.8, 4) is 0 Å². The van der Waals surface area contributed by atoms with Crippen molar-refractivity contribution in [2.24, 2.45) is 5.73 Å². The van der Waals surface area contributed by atoms with Crippen LogP contribution in [-0.2, 0) is 11.2 Å². The third-order valence-electron chi connectivity index (χ3n) is 1.69. The monoisotopic (exact) mass is 217 g/mol. The first-order chi connectivity index (χ1) is 6.09. The van der Waals surface area contributed by atoms with Gasteiger partial charge in [-0.15, -0.1) is 0 Å². The Bertz CT molecular complexity index is 302. The van der Waals surface area contributed by atoms with Crippen LogP contribution in [0.15, 0.2) is 24.3 Å². The molecule has 0 amide bonds. The van der Waals surface area contributed by atoms with E-state index >= 15 is 0 Å². The molecule has 14 heavy (non-hydrogen) atoms. The molecule has 0 bridgehead atoms. The van der Waals surface area contributed by atoms with Gasteiger partial charge >= 0.3 is 5.97 Å². The Morgan fingerprint density at radius 1 is 1.43 bits per heavy atom. The first kappa shape index (κ1) is 12.9. The normalized spacial score (nSPS) is 11.6. The van der Waals surface area contributed by atoms with Gasteiger partial charge in [-0.05, 0) is 24.1 Å². The summed E-state index contributed by atoms with van der Waals surface area (Å²) < 4.78 is 12.4. The number of hydrogen-bond acceptors (Lipinski definition) is 2. The molecule has 0 aromatic heterocycles. The van der Waals surface area contributed by atoms with Gasteiger partial charge in [0.25, 0.3) is 0 Å². The molecule has 5 heteroatoms. The molecule has 0 heterocycles. The highest BCUT2D eigenvalue weighted by atomic mass is 32.1. The Labute approximate surface area is 88.2 Å². The summed E-state index contributed by atoms with van der Waals surface area (Å²) in [6.07, 6.45) is 0.218. The predicted molar refractivity (Wildman–Crippen MR) is 56.1 cm³/mol. The highest BCUT2D eigenvalue weighted by Crippen LogP contribution is 2.04. The van der Waals surface area contributed by atoms with Crippen LogP contribution in [0.3, 0.4) is 0 Å². The van der Waals surface area contributed by atoms with E-state index in [1.807, 2.05) is 0 Å². The van der Waals surface area contributed by atoms with Gasteiger partial charge in [-0.2, -0.15) is 13.5 Å². The Morgan fingerprint density at radius 3 is 2.36 bits per heavy atom. The first-order valence-electron chi connectivity index (χ1n) is 3.82. The van der Waals surface area contributed by atoms with E-state index in [0.29, 0.717) is 0 Å². The molecule has 0 aliphatic carbocycles. The summed E-state index contributed by atoms with van der Waals surface area (Å²) in [6.45, 7) is 0. The number of rotatable bonds is 3. The predicted octanol–water partition coefficient (Wildman–Crippen LogP) is 0.893. The summed E-state index contributed by atoms with van der Waals surface area (Å²) in [5.74, 6) is -1.39. The smallest absolute Gasteiger partial charge is 0.320 e. The van der Waals surface area contributed by atoms with Crippen molar-refractivity contribution in [1.29, 1.82) is 0 Å². The number of hydrogen-bond donors (Lipinski definition) is 2. The van der Waals surface area contributed by atoms with Crippen LogP contribution >= 0.6 is 13.5 Å². The highest BCUT2D eigenvalue weighted by molar-refractivity contribution is 7.59. The maximum atomic E-state index is 12.4. The van der Waals surface area contributed by atoms with Gasteiger partial charge in [0.2, 0.25) is 0 Å². The minimum Gasteiger partial charge on any atom is -0.480 e. The van der Waals surface area contributed by atoms with E-state index in [0.717, 1.165) is 5.56 Å². The molecule has 3 nitrogen and oxygen atoms in total. The Hall–Kier alpha value is -1.07. The molecule has 0 aliphatic rings. The molecular formula is C9H12FNO2S. The second-order valence-electron chi connectivity index (χ2n) is 2.78. The Balaban J connectivity index is 0.00000169. The van der Waals surface area contributed by atoms with E-state index < -0.39 is 12.0 Å². The Morgan fingerprint density at radius 2 is 1.93 bits per heavy atom. The summed E-state index contributed by atoms with van der Waals surface area (Å²) in [4.78, 5) is 10.4. The van der Waals surface area contributed by atoms with Gasteiger partial charge in [-0.3, -0.25) is 4.79 Å². The molecule has 1 aromatic rings. The number of carboxylic acid groups (broad SMARTS) is 1. The zero-order valence-electron chi connectivity index (χ0n) is 7.40. The number of aliphatic carboxylic acids is 1. The third kappa shape index (κ3) is 3.76. The molecule has 1 unspecified atom stereocenters. The number of benzene rings is 1. The standard InChI is InChI=1S/C9H10FNO2.H2S/c10-7-3-1-6(2-4-7)5-8(11)9(12)13;/h1-4,8H,5,11H2,(H,12,13);1H2. The second kappa shape index (κ2) is 5.62. The number of halogens is 1. The van der Waals surface area contributed by atoms with E-state index in [1.54, 1.807) is 0 Å². The van der Waals surface area contributed by atoms with Gasteiger partial charge < -0.3 is 10.8 Å². The van der Waals surface area contributed by atoms with Crippen LogP contribution in [0.1, 0.15) is 5.56 Å². The lowest BCUT2D eigenvalue weighted by Crippen LogP contribution is -2.32. The maximum absolute atomic E-state index is 12.4. The average molecular weight is 217 g/mol. The zero-order valence-corrected chi connectivity index (χ0v) is 8.40. The molecular weight excluding hydrogens is 205 g/mol. The molecule has 78 valence electrons. The molecule has 1 atom stereocenters. The van der Waals surface area contributed by atoms with Crippen molar-refractivity contribution in [3.63, 3.8) is 0 Å². The fraction of sp³-hybridized carbons (Fsp3) is 0.222. The van der Waals surface area contributed by atoms with E-state index in [-0.39, 0.29) is 25.7 Å². The topological polar surface area (TPSA) is 63.3 Å². The molecule has 1 aromatic carbocycles. The quantitative estimate of drug-likeness (QED) is 0.790. The van der Waals surface area contributed by atoms with Gasteiger partial charge in [0, 0.05) is 0 Å². The SMILES string of the molecule is NC(Cc1ccc(F)cc1)C(=O)O.S. The number of nitrogens with two attached hydrogens (primary N) is 1. The lowest BCUT2D eigenvalue weighted by molar-refractivity contribution is -0.138. The molecule has 0 aliphatic heterocycles. The molecule has 0 saturated carbocycles. The molecule has 0 spiro atoms. The minimum atomic E-state index is -1.05. The van der Waals surface area contributed by atoms with Crippen molar-refractivity contribution < 1.29 is 14.3 Å². The van der Waals surface area contributed by atoms with Gasteiger partial charge in [-0.1, -0.05) is 12.1 Å². The fourth-order valence-electron chi connectivity index (χ4n) is 0.962. The molecule has 1 rings (SSSR count). The summed E-state index contributed by atoms with van der Waals surface area (Å²) in [5.41, 5.74) is 6.01. The molecule has 0 radical (unpaired) electrons. The van der Waals surface area contributed by atoms with Crippen LogP contribution in [0, 0.1) is 5.82 Å². The lowest BCUT2D eigenvalue weighted by atomic mass is 10.1. The van der Waals surface area contributed by atoms with Crippen molar-refractivity contribution in [1.82, 2.24) is 0 Å². The Kier molecular flexibility index (Phi) is 5.19. The zero-order chi connectivity index (χ0) is 9.84. The van der Waals surface area contributed by atoms with E-state index in [2.05, 4.69) is 0 Å². The van der Waals surface area contributed by atoms with Crippen LogP contribution in [0.5, 0.6) is 0 Å². The molecule has 0 saturated heterocycles. The van der Waals surface area contributed by atoms with Crippen molar-refractivity contribution in [2.75, 3.05) is 0 Å². The maximum Gasteiger partial charge on any atom is 0.320 e. The fourth-order valence-corrected chi connectivity index (χ4v) is 0.962. The van der Waals surface area contributed by atoms with Crippen LogP contribution in [-0.4, -0.2) is 17.1 Å². The van der Waals surface area contributed by atoms with Crippen molar-refractivity contribution in [2.45, 2.75) is 12.5 Å². The van der Waals surface area contributed by atoms with Crippen LogP contribution in [0.25, 0.3) is 0 Å². The van der Waals surface area contributed by atoms with Crippen LogP contribution in [0.4, 0.5) is 4.39 Å². The summed E-state index contributed by atoms with van der Waals surface area (Å²) in [7, 11) is 0. The van der Waals surface area contributed by atoms with Gasteiger partial charge in [0.05, 0.1) is 0 Å². The van der Waals surface area contributed by atoms with E-state index in [1.165, 1.54) is 24.3 Å². The van der Waals surface area contributed by atoms with Gasteiger partial charge in [-0.25, -0.2) is 4.39 Å².